The molecule has 1 heterocycles. The number of nitro groups is 1. The number of anilines is 3. The zero-order valence-electron chi connectivity index (χ0n) is 16.3. The summed E-state index contributed by atoms with van der Waals surface area (Å²) >= 11 is 0. The quantitative estimate of drug-likeness (QED) is 0.392. The Hall–Kier alpha value is -3.72. The van der Waals surface area contributed by atoms with Crippen molar-refractivity contribution in [1.29, 1.82) is 0 Å². The van der Waals surface area contributed by atoms with Gasteiger partial charge in [0, 0.05) is 11.2 Å². The van der Waals surface area contributed by atoms with Crippen LogP contribution in [0.15, 0.2) is 60.9 Å². The molecule has 0 bridgehead atoms. The Kier molecular flexibility index (Phi) is 5.89. The summed E-state index contributed by atoms with van der Waals surface area (Å²) in [7, 11) is 0. The first-order valence-electron chi connectivity index (χ1n) is 8.94. The van der Waals surface area contributed by atoms with Crippen LogP contribution in [0.25, 0.3) is 0 Å². The molecule has 2 aromatic carbocycles. The highest BCUT2D eigenvalue weighted by atomic mass is 16.6. The second-order valence-electron chi connectivity index (χ2n) is 7.24. The fourth-order valence-corrected chi connectivity index (χ4v) is 2.35. The summed E-state index contributed by atoms with van der Waals surface area (Å²) in [5, 5.41) is 14.6. The average Bonchev–Trinajstić information content (AvgIpc) is 2.68. The molecule has 0 saturated heterocycles. The number of benzene rings is 2. The average molecular weight is 394 g/mol. The van der Waals surface area contributed by atoms with Crippen LogP contribution >= 0.6 is 0 Å². The third-order valence-corrected chi connectivity index (χ3v) is 3.66. The molecule has 9 heteroatoms. The van der Waals surface area contributed by atoms with Gasteiger partial charge in [-0.1, -0.05) is 18.2 Å². The molecule has 3 rings (SSSR count). The number of hydrogen-bond acceptors (Lipinski definition) is 8. The summed E-state index contributed by atoms with van der Waals surface area (Å²) in [5.74, 6) is 1.53. The molecule has 9 nitrogen and oxygen atoms in total. The smallest absolute Gasteiger partial charge is 0.354 e. The minimum absolute atomic E-state index is 0.0754. The van der Waals surface area contributed by atoms with Crippen LogP contribution in [0.1, 0.15) is 20.8 Å². The highest BCUT2D eigenvalue weighted by Crippen LogP contribution is 2.31. The van der Waals surface area contributed by atoms with Crippen molar-refractivity contribution in [1.82, 2.24) is 15.4 Å². The Morgan fingerprint density at radius 3 is 2.17 bits per heavy atom. The van der Waals surface area contributed by atoms with E-state index < -0.39 is 4.92 Å². The Morgan fingerprint density at radius 2 is 1.55 bits per heavy atom. The van der Waals surface area contributed by atoms with E-state index in [2.05, 4.69) is 26.1 Å². The second-order valence-corrected chi connectivity index (χ2v) is 7.24. The predicted molar refractivity (Wildman–Crippen MR) is 111 cm³/mol. The van der Waals surface area contributed by atoms with E-state index in [1.54, 1.807) is 24.3 Å². The van der Waals surface area contributed by atoms with E-state index in [1.165, 1.54) is 6.33 Å². The molecule has 0 unspecified atom stereocenters. The van der Waals surface area contributed by atoms with Gasteiger partial charge in [-0.3, -0.25) is 15.5 Å². The van der Waals surface area contributed by atoms with Gasteiger partial charge in [-0.15, -0.1) is 0 Å². The molecule has 0 aliphatic heterocycles. The van der Waals surface area contributed by atoms with E-state index in [1.807, 2.05) is 51.1 Å². The third kappa shape index (κ3) is 5.63. The van der Waals surface area contributed by atoms with Crippen LogP contribution in [0.4, 0.5) is 23.0 Å². The van der Waals surface area contributed by atoms with Crippen molar-refractivity contribution in [2.24, 2.45) is 0 Å². The zero-order valence-corrected chi connectivity index (χ0v) is 16.3. The van der Waals surface area contributed by atoms with E-state index in [-0.39, 0.29) is 22.9 Å². The SMILES string of the molecule is CC(C)(C)NNc1ncnc(Nc2ccc(Oc3ccccc3)cc2)c1[N+](=O)[O-]. The van der Waals surface area contributed by atoms with E-state index in [0.29, 0.717) is 11.4 Å². The van der Waals surface area contributed by atoms with E-state index in [9.17, 15) is 10.1 Å². The minimum atomic E-state index is -0.526. The number of nitrogens with zero attached hydrogens (tertiary/aromatic N) is 3. The first-order chi connectivity index (χ1) is 13.8. The van der Waals surface area contributed by atoms with Gasteiger partial charge in [-0.2, -0.15) is 0 Å². The molecule has 150 valence electrons. The molecule has 0 aliphatic rings. The number of hydrazine groups is 1. The summed E-state index contributed by atoms with van der Waals surface area (Å²) in [6.07, 6.45) is 1.26. The number of aromatic nitrogens is 2. The molecule has 3 aromatic rings. The largest absolute Gasteiger partial charge is 0.457 e. The van der Waals surface area contributed by atoms with Crippen molar-refractivity contribution < 1.29 is 9.66 Å². The molecule has 0 fully saturated rings. The summed E-state index contributed by atoms with van der Waals surface area (Å²) in [5.41, 5.74) is 5.83. The predicted octanol–water partition coefficient (Wildman–Crippen LogP) is 4.64. The van der Waals surface area contributed by atoms with Crippen LogP contribution < -0.4 is 20.9 Å². The van der Waals surface area contributed by atoms with Gasteiger partial charge in [0.05, 0.1) is 4.92 Å². The fraction of sp³-hybridized carbons (Fsp3) is 0.200. The normalized spacial score (nSPS) is 11.0. The molecule has 0 spiro atoms. The van der Waals surface area contributed by atoms with Crippen molar-refractivity contribution in [3.63, 3.8) is 0 Å². The molecule has 0 radical (unpaired) electrons. The van der Waals surface area contributed by atoms with Crippen molar-refractivity contribution >= 4 is 23.0 Å². The van der Waals surface area contributed by atoms with Crippen LogP contribution in [0.5, 0.6) is 11.5 Å². The molecule has 0 saturated carbocycles. The van der Waals surface area contributed by atoms with Gasteiger partial charge in [-0.05, 0) is 57.2 Å². The molecule has 0 amide bonds. The van der Waals surface area contributed by atoms with Gasteiger partial charge in [0.2, 0.25) is 11.6 Å². The van der Waals surface area contributed by atoms with Gasteiger partial charge < -0.3 is 10.1 Å². The standard InChI is InChI=1S/C20H22N6O3/c1-20(2,3)25-24-19-17(26(27)28)18(21-13-22-19)23-14-9-11-16(12-10-14)29-15-7-5-4-6-8-15/h4-13,25H,1-3H3,(H2,21,22,23,24). The summed E-state index contributed by atoms with van der Waals surface area (Å²) in [4.78, 5) is 19.1. The van der Waals surface area contributed by atoms with Crippen LogP contribution in [-0.4, -0.2) is 20.4 Å². The van der Waals surface area contributed by atoms with E-state index >= 15 is 0 Å². The third-order valence-electron chi connectivity index (χ3n) is 3.66. The Balaban J connectivity index is 1.77. The van der Waals surface area contributed by atoms with Gasteiger partial charge in [-0.25, -0.2) is 15.4 Å². The fourth-order valence-electron chi connectivity index (χ4n) is 2.35. The number of para-hydroxylation sites is 1. The first-order valence-corrected chi connectivity index (χ1v) is 8.94. The summed E-state index contributed by atoms with van der Waals surface area (Å²) in [6, 6.07) is 16.4. The minimum Gasteiger partial charge on any atom is -0.457 e. The maximum Gasteiger partial charge on any atom is 0.354 e. The van der Waals surface area contributed by atoms with Gasteiger partial charge >= 0.3 is 5.69 Å². The number of ether oxygens (including phenoxy) is 1. The molecular weight excluding hydrogens is 372 g/mol. The first kappa shape index (κ1) is 20.0. The summed E-state index contributed by atoms with van der Waals surface area (Å²) < 4.78 is 5.75. The van der Waals surface area contributed by atoms with Gasteiger partial charge in [0.1, 0.15) is 17.8 Å². The van der Waals surface area contributed by atoms with Crippen molar-refractivity contribution in [3.8, 4) is 11.5 Å². The van der Waals surface area contributed by atoms with Gasteiger partial charge in [0.15, 0.2) is 0 Å². The molecule has 29 heavy (non-hydrogen) atoms. The molecular formula is C20H22N6O3. The lowest BCUT2D eigenvalue weighted by Crippen LogP contribution is -2.40. The van der Waals surface area contributed by atoms with E-state index in [4.69, 9.17) is 4.74 Å². The molecule has 0 aliphatic carbocycles. The molecule has 3 N–H and O–H groups in total. The highest BCUT2D eigenvalue weighted by Gasteiger charge is 2.24. The number of nitrogens with one attached hydrogen (secondary N) is 3. The maximum atomic E-state index is 11.6. The summed E-state index contributed by atoms with van der Waals surface area (Å²) in [6.45, 7) is 5.77. The van der Waals surface area contributed by atoms with Crippen molar-refractivity contribution in [2.75, 3.05) is 10.7 Å². The van der Waals surface area contributed by atoms with Crippen LogP contribution in [0.2, 0.25) is 0 Å². The lowest BCUT2D eigenvalue weighted by Gasteiger charge is -2.21. The lowest BCUT2D eigenvalue weighted by atomic mass is 10.1. The molecule has 1 aromatic heterocycles. The zero-order chi connectivity index (χ0) is 20.9. The van der Waals surface area contributed by atoms with Crippen LogP contribution in [0, 0.1) is 10.1 Å². The Morgan fingerprint density at radius 1 is 0.931 bits per heavy atom. The number of hydrogen-bond donors (Lipinski definition) is 3. The van der Waals surface area contributed by atoms with Crippen molar-refractivity contribution in [2.45, 2.75) is 26.3 Å². The Labute approximate surface area is 168 Å². The second kappa shape index (κ2) is 8.53. The van der Waals surface area contributed by atoms with Gasteiger partial charge in [0.25, 0.3) is 0 Å². The van der Waals surface area contributed by atoms with Crippen molar-refractivity contribution in [3.05, 3.63) is 71.0 Å². The monoisotopic (exact) mass is 394 g/mol. The van der Waals surface area contributed by atoms with Crippen LogP contribution in [-0.2, 0) is 0 Å². The lowest BCUT2D eigenvalue weighted by molar-refractivity contribution is -0.383. The highest BCUT2D eigenvalue weighted by molar-refractivity contribution is 5.73. The topological polar surface area (TPSA) is 114 Å². The van der Waals surface area contributed by atoms with Crippen LogP contribution in [0.3, 0.4) is 0 Å². The number of rotatable bonds is 7. The molecule has 0 atom stereocenters. The van der Waals surface area contributed by atoms with E-state index in [0.717, 1.165) is 5.75 Å². The maximum absolute atomic E-state index is 11.6. The Bertz CT molecular complexity index is 972.